The van der Waals surface area contributed by atoms with Gasteiger partial charge in [0.2, 0.25) is 0 Å². The molecule has 32 heavy (non-hydrogen) atoms. The van der Waals surface area contributed by atoms with Crippen molar-refractivity contribution in [1.82, 2.24) is 5.32 Å². The molecule has 0 unspecified atom stereocenters. The quantitative estimate of drug-likeness (QED) is 0.469. The summed E-state index contributed by atoms with van der Waals surface area (Å²) < 4.78 is 40.3. The van der Waals surface area contributed by atoms with Crippen molar-refractivity contribution in [3.8, 4) is 5.75 Å². The van der Waals surface area contributed by atoms with Crippen LogP contribution < -0.4 is 9.50 Å². The summed E-state index contributed by atoms with van der Waals surface area (Å²) >= 11 is 0. The van der Waals surface area contributed by atoms with Gasteiger partial charge in [-0.15, -0.1) is 0 Å². The van der Waals surface area contributed by atoms with E-state index in [2.05, 4.69) is 5.32 Å². The van der Waals surface area contributed by atoms with Gasteiger partial charge in [0.05, 0.1) is 6.61 Å². The Labute approximate surface area is 189 Å². The monoisotopic (exact) mass is 463 g/mol. The second-order valence-electron chi connectivity index (χ2n) is 8.15. The molecule has 0 bridgehead atoms. The first-order chi connectivity index (χ1) is 14.9. The Hall–Kier alpha value is -3.07. The molecule has 0 saturated carbocycles. The molecule has 0 aromatic heterocycles. The third-order valence-corrected chi connectivity index (χ3v) is 5.40. The van der Waals surface area contributed by atoms with Crippen molar-refractivity contribution in [3.05, 3.63) is 59.7 Å². The summed E-state index contributed by atoms with van der Waals surface area (Å²) in [4.78, 5) is 24.4. The molecule has 0 aliphatic rings. The number of carbonyl (C=O) groups is 2. The van der Waals surface area contributed by atoms with E-state index in [0.717, 1.165) is 5.56 Å². The summed E-state index contributed by atoms with van der Waals surface area (Å²) in [5, 5.41) is 2.52. The van der Waals surface area contributed by atoms with Crippen LogP contribution in [-0.4, -0.2) is 38.7 Å². The molecule has 8 nitrogen and oxygen atoms in total. The zero-order chi connectivity index (χ0) is 23.9. The van der Waals surface area contributed by atoms with Crippen LogP contribution in [0.2, 0.25) is 0 Å². The van der Waals surface area contributed by atoms with Crippen LogP contribution in [0.1, 0.15) is 38.8 Å². The SMILES string of the molecule is CCOC(=O)[C@H](Cc1ccc(OS(=O)(=O)c2ccc(C)cc2)cc1)NC(=O)OC(C)(C)C. The molecular weight excluding hydrogens is 434 g/mol. The van der Waals surface area contributed by atoms with Crippen LogP contribution in [0, 0.1) is 6.92 Å². The van der Waals surface area contributed by atoms with Crippen molar-refractivity contribution in [3.63, 3.8) is 0 Å². The van der Waals surface area contributed by atoms with Crippen molar-refractivity contribution >= 4 is 22.2 Å². The Balaban J connectivity index is 2.10. The Kier molecular flexibility index (Phi) is 8.26. The molecule has 0 heterocycles. The first-order valence-electron chi connectivity index (χ1n) is 10.2. The van der Waals surface area contributed by atoms with E-state index in [4.69, 9.17) is 13.7 Å². The Morgan fingerprint density at radius 1 is 1.00 bits per heavy atom. The van der Waals surface area contributed by atoms with Gasteiger partial charge in [0.25, 0.3) is 0 Å². The summed E-state index contributed by atoms with van der Waals surface area (Å²) in [7, 11) is -3.97. The van der Waals surface area contributed by atoms with E-state index in [1.807, 2.05) is 6.92 Å². The van der Waals surface area contributed by atoms with E-state index in [-0.39, 0.29) is 23.7 Å². The molecule has 0 radical (unpaired) electrons. The van der Waals surface area contributed by atoms with Crippen molar-refractivity contribution in [1.29, 1.82) is 0 Å². The normalized spacial score (nSPS) is 12.5. The van der Waals surface area contributed by atoms with Gasteiger partial charge in [-0.2, -0.15) is 8.42 Å². The molecule has 1 N–H and O–H groups in total. The van der Waals surface area contributed by atoms with Gasteiger partial charge in [0, 0.05) is 6.42 Å². The number of rotatable bonds is 8. The molecule has 1 amide bonds. The zero-order valence-corrected chi connectivity index (χ0v) is 19.7. The lowest BCUT2D eigenvalue weighted by atomic mass is 10.1. The predicted octanol–water partition coefficient (Wildman–Crippen LogP) is 3.76. The molecule has 9 heteroatoms. The van der Waals surface area contributed by atoms with Gasteiger partial charge in [0.15, 0.2) is 0 Å². The average molecular weight is 464 g/mol. The number of nitrogens with one attached hydrogen (secondary N) is 1. The molecule has 0 aliphatic heterocycles. The highest BCUT2D eigenvalue weighted by Crippen LogP contribution is 2.20. The van der Waals surface area contributed by atoms with Crippen molar-refractivity contribution < 1.29 is 31.7 Å². The fourth-order valence-corrected chi connectivity index (χ4v) is 3.61. The number of aryl methyl sites for hydroxylation is 1. The Bertz CT molecular complexity index is 1020. The highest BCUT2D eigenvalue weighted by Gasteiger charge is 2.26. The number of alkyl carbamates (subject to hydrolysis) is 1. The summed E-state index contributed by atoms with van der Waals surface area (Å²) in [6.45, 7) is 8.84. The number of hydrogen-bond acceptors (Lipinski definition) is 7. The minimum absolute atomic E-state index is 0.0520. The van der Waals surface area contributed by atoms with Crippen molar-refractivity contribution in [2.24, 2.45) is 0 Å². The topological polar surface area (TPSA) is 108 Å². The van der Waals surface area contributed by atoms with E-state index >= 15 is 0 Å². The fourth-order valence-electron chi connectivity index (χ4n) is 2.68. The summed E-state index contributed by atoms with van der Waals surface area (Å²) in [5.41, 5.74) is 0.884. The van der Waals surface area contributed by atoms with Crippen molar-refractivity contribution in [2.45, 2.75) is 57.6 Å². The van der Waals surface area contributed by atoms with Crippen molar-refractivity contribution in [2.75, 3.05) is 6.61 Å². The lowest BCUT2D eigenvalue weighted by Gasteiger charge is -2.23. The van der Waals surface area contributed by atoms with Crippen LogP contribution in [0.5, 0.6) is 5.75 Å². The molecule has 174 valence electrons. The van der Waals surface area contributed by atoms with Gasteiger partial charge < -0.3 is 19.0 Å². The standard InChI is InChI=1S/C23H29NO7S/c1-6-29-21(25)20(24-22(26)30-23(3,4)5)15-17-9-11-18(12-10-17)31-32(27,28)19-13-7-16(2)8-14-19/h7-14,20H,6,15H2,1-5H3,(H,24,26)/t20-/m0/s1. The molecule has 2 rings (SSSR count). The smallest absolute Gasteiger partial charge is 0.408 e. The lowest BCUT2D eigenvalue weighted by molar-refractivity contribution is -0.145. The predicted molar refractivity (Wildman–Crippen MR) is 119 cm³/mol. The van der Waals surface area contributed by atoms with Crippen LogP contribution >= 0.6 is 0 Å². The maximum Gasteiger partial charge on any atom is 0.408 e. The molecule has 2 aromatic rings. The maximum absolute atomic E-state index is 12.4. The molecule has 0 aliphatic carbocycles. The molecule has 2 aromatic carbocycles. The highest BCUT2D eigenvalue weighted by molar-refractivity contribution is 7.87. The average Bonchev–Trinajstić information content (AvgIpc) is 2.68. The van der Waals surface area contributed by atoms with Crippen LogP contribution in [-0.2, 0) is 30.8 Å². The van der Waals surface area contributed by atoms with Gasteiger partial charge in [0.1, 0.15) is 22.3 Å². The molecule has 0 saturated heterocycles. The first-order valence-corrected chi connectivity index (χ1v) is 11.6. The molecular formula is C23H29NO7S. The zero-order valence-electron chi connectivity index (χ0n) is 18.9. The summed E-state index contributed by atoms with van der Waals surface area (Å²) in [6, 6.07) is 11.6. The number of benzene rings is 2. The second-order valence-corrected chi connectivity index (χ2v) is 9.70. The molecule has 1 atom stereocenters. The van der Waals surface area contributed by atoms with E-state index in [1.54, 1.807) is 52.0 Å². The minimum atomic E-state index is -3.97. The lowest BCUT2D eigenvalue weighted by Crippen LogP contribution is -2.45. The fraction of sp³-hybridized carbons (Fsp3) is 0.391. The maximum atomic E-state index is 12.4. The number of hydrogen-bond donors (Lipinski definition) is 1. The number of esters is 1. The van der Waals surface area contributed by atoms with Crippen LogP contribution in [0.4, 0.5) is 4.79 Å². The Morgan fingerprint density at radius 3 is 2.12 bits per heavy atom. The number of carbonyl (C=O) groups excluding carboxylic acids is 2. The van der Waals surface area contributed by atoms with Gasteiger partial charge in [-0.25, -0.2) is 9.59 Å². The highest BCUT2D eigenvalue weighted by atomic mass is 32.2. The van der Waals surface area contributed by atoms with E-state index in [9.17, 15) is 18.0 Å². The van der Waals surface area contributed by atoms with Crippen LogP contribution in [0.25, 0.3) is 0 Å². The third-order valence-electron chi connectivity index (χ3n) is 4.14. The van der Waals surface area contributed by atoms with Gasteiger partial charge in [-0.1, -0.05) is 29.8 Å². The third kappa shape index (κ3) is 7.88. The van der Waals surface area contributed by atoms with E-state index < -0.39 is 33.8 Å². The van der Waals surface area contributed by atoms with Crippen LogP contribution in [0.3, 0.4) is 0 Å². The van der Waals surface area contributed by atoms with Crippen LogP contribution in [0.15, 0.2) is 53.4 Å². The van der Waals surface area contributed by atoms with E-state index in [0.29, 0.717) is 5.56 Å². The van der Waals surface area contributed by atoms with E-state index in [1.165, 1.54) is 24.3 Å². The second kappa shape index (κ2) is 10.5. The number of amides is 1. The number of ether oxygens (including phenoxy) is 2. The first kappa shape index (κ1) is 25.2. The molecule has 0 fully saturated rings. The molecule has 0 spiro atoms. The summed E-state index contributed by atoms with van der Waals surface area (Å²) in [6.07, 6.45) is -0.608. The largest absolute Gasteiger partial charge is 0.464 e. The Morgan fingerprint density at radius 2 is 1.59 bits per heavy atom. The van der Waals surface area contributed by atoms with Gasteiger partial charge >= 0.3 is 22.2 Å². The minimum Gasteiger partial charge on any atom is -0.464 e. The summed E-state index contributed by atoms with van der Waals surface area (Å²) in [5.74, 6) is -0.470. The van der Waals surface area contributed by atoms with Gasteiger partial charge in [-0.3, -0.25) is 0 Å². The van der Waals surface area contributed by atoms with Gasteiger partial charge in [-0.05, 0) is 64.4 Å².